The molecule has 0 aliphatic rings. The third kappa shape index (κ3) is 3.55. The Balaban J connectivity index is 2.10. The average molecular weight is 259 g/mol. The summed E-state index contributed by atoms with van der Waals surface area (Å²) in [4.78, 5) is 0. The summed E-state index contributed by atoms with van der Waals surface area (Å²) in [7, 11) is 0. The first-order valence-electron chi connectivity index (χ1n) is 6.27. The van der Waals surface area contributed by atoms with Crippen molar-refractivity contribution >= 4 is 0 Å². The fraction of sp³-hybridized carbons (Fsp3) is 0.250. The molecule has 0 heterocycles. The quantitative estimate of drug-likeness (QED) is 0.912. The lowest BCUT2D eigenvalue weighted by Gasteiger charge is -2.09. The molecule has 0 atom stereocenters. The van der Waals surface area contributed by atoms with Crippen LogP contribution in [0, 0.1) is 19.7 Å². The van der Waals surface area contributed by atoms with Gasteiger partial charge in [0.2, 0.25) is 0 Å². The minimum atomic E-state index is -0.271. The fourth-order valence-corrected chi connectivity index (χ4v) is 2.01. The minimum absolute atomic E-state index is 0.222. The van der Waals surface area contributed by atoms with Crippen LogP contribution in [0.1, 0.15) is 22.3 Å². The third-order valence-electron chi connectivity index (χ3n) is 2.94. The number of ether oxygens (including phenoxy) is 1. The van der Waals surface area contributed by atoms with Gasteiger partial charge in [0, 0.05) is 12.1 Å². The maximum Gasteiger partial charge on any atom is 0.130 e. The Kier molecular flexibility index (Phi) is 4.17. The predicted octanol–water partition coefficient (Wildman–Crippen LogP) is 3.48. The van der Waals surface area contributed by atoms with Gasteiger partial charge in [0.1, 0.15) is 18.2 Å². The highest BCUT2D eigenvalue weighted by molar-refractivity contribution is 5.33. The topological polar surface area (TPSA) is 35.2 Å². The molecule has 2 nitrogen and oxygen atoms in total. The maximum absolute atomic E-state index is 13.8. The van der Waals surface area contributed by atoms with Gasteiger partial charge in [-0.2, -0.15) is 0 Å². The van der Waals surface area contributed by atoms with Gasteiger partial charge < -0.3 is 10.5 Å². The van der Waals surface area contributed by atoms with Crippen molar-refractivity contribution in [3.8, 4) is 5.75 Å². The van der Waals surface area contributed by atoms with E-state index < -0.39 is 0 Å². The van der Waals surface area contributed by atoms with Crippen LogP contribution in [-0.2, 0) is 13.2 Å². The molecule has 2 rings (SSSR count). The van der Waals surface area contributed by atoms with Crippen LogP contribution in [0.4, 0.5) is 4.39 Å². The first-order valence-corrected chi connectivity index (χ1v) is 6.27. The second-order valence-corrected chi connectivity index (χ2v) is 4.74. The normalized spacial score (nSPS) is 10.5. The second kappa shape index (κ2) is 5.85. The number of hydrogen-bond donors (Lipinski definition) is 1. The highest BCUT2D eigenvalue weighted by Crippen LogP contribution is 2.19. The number of rotatable bonds is 4. The molecule has 19 heavy (non-hydrogen) atoms. The largest absolute Gasteiger partial charge is 0.489 e. The van der Waals surface area contributed by atoms with Gasteiger partial charge in [-0.3, -0.25) is 0 Å². The van der Waals surface area contributed by atoms with E-state index in [4.69, 9.17) is 10.5 Å². The van der Waals surface area contributed by atoms with Crippen molar-refractivity contribution in [2.45, 2.75) is 27.0 Å². The number of benzene rings is 2. The van der Waals surface area contributed by atoms with E-state index in [0.717, 1.165) is 22.4 Å². The van der Waals surface area contributed by atoms with E-state index in [1.807, 2.05) is 32.0 Å². The molecule has 0 aliphatic carbocycles. The highest BCUT2D eigenvalue weighted by atomic mass is 19.1. The summed E-state index contributed by atoms with van der Waals surface area (Å²) >= 11 is 0. The molecule has 3 heteroatoms. The number of aryl methyl sites for hydroxylation is 2. The molecule has 0 aliphatic heterocycles. The zero-order chi connectivity index (χ0) is 13.8. The van der Waals surface area contributed by atoms with Crippen molar-refractivity contribution in [3.63, 3.8) is 0 Å². The summed E-state index contributed by atoms with van der Waals surface area (Å²) in [5.41, 5.74) is 9.06. The summed E-state index contributed by atoms with van der Waals surface area (Å²) in [6.45, 7) is 4.59. The Morgan fingerprint density at radius 3 is 2.32 bits per heavy atom. The molecule has 0 unspecified atom stereocenters. The van der Waals surface area contributed by atoms with E-state index in [9.17, 15) is 4.39 Å². The molecule has 2 N–H and O–H groups in total. The van der Waals surface area contributed by atoms with Crippen molar-refractivity contribution in [3.05, 3.63) is 64.5 Å². The first-order chi connectivity index (χ1) is 9.08. The van der Waals surface area contributed by atoms with Gasteiger partial charge in [0.15, 0.2) is 0 Å². The van der Waals surface area contributed by atoms with Gasteiger partial charge in [0.25, 0.3) is 0 Å². The van der Waals surface area contributed by atoms with Crippen molar-refractivity contribution in [1.29, 1.82) is 0 Å². The summed E-state index contributed by atoms with van der Waals surface area (Å²) in [5, 5.41) is 0. The molecule has 2 aromatic carbocycles. The van der Waals surface area contributed by atoms with Gasteiger partial charge >= 0.3 is 0 Å². The van der Waals surface area contributed by atoms with Crippen LogP contribution in [0.3, 0.4) is 0 Å². The molecule has 100 valence electrons. The summed E-state index contributed by atoms with van der Waals surface area (Å²) < 4.78 is 19.4. The molecular weight excluding hydrogens is 241 g/mol. The van der Waals surface area contributed by atoms with E-state index in [1.165, 1.54) is 6.07 Å². The van der Waals surface area contributed by atoms with Crippen LogP contribution < -0.4 is 10.5 Å². The lowest BCUT2D eigenvalue weighted by molar-refractivity contribution is 0.299. The van der Waals surface area contributed by atoms with Gasteiger partial charge in [-0.1, -0.05) is 18.2 Å². The molecule has 0 radical (unpaired) electrons. The van der Waals surface area contributed by atoms with E-state index in [-0.39, 0.29) is 12.4 Å². The molecule has 2 aromatic rings. The van der Waals surface area contributed by atoms with E-state index in [1.54, 1.807) is 6.07 Å². The van der Waals surface area contributed by atoms with Crippen molar-refractivity contribution in [2.75, 3.05) is 0 Å². The van der Waals surface area contributed by atoms with Crippen LogP contribution in [0.2, 0.25) is 0 Å². The molecule has 0 amide bonds. The molecule has 0 saturated heterocycles. The highest BCUT2D eigenvalue weighted by Gasteiger charge is 2.05. The standard InChI is InChI=1S/C16H18FNO/c1-11-5-12(2)7-15(6-11)19-10-14-4-3-13(9-18)8-16(14)17/h3-8H,9-10,18H2,1-2H3. The SMILES string of the molecule is Cc1cc(C)cc(OCc2ccc(CN)cc2F)c1. The van der Waals surface area contributed by atoms with Gasteiger partial charge in [-0.25, -0.2) is 4.39 Å². The Hall–Kier alpha value is -1.87. The van der Waals surface area contributed by atoms with Crippen molar-refractivity contribution < 1.29 is 9.13 Å². The number of nitrogens with two attached hydrogens (primary N) is 1. The number of hydrogen-bond acceptors (Lipinski definition) is 2. The molecule has 0 fully saturated rings. The lowest BCUT2D eigenvalue weighted by Crippen LogP contribution is -2.02. The first kappa shape index (κ1) is 13.6. The third-order valence-corrected chi connectivity index (χ3v) is 2.94. The van der Waals surface area contributed by atoms with Gasteiger partial charge in [-0.15, -0.1) is 0 Å². The fourth-order valence-electron chi connectivity index (χ4n) is 2.01. The van der Waals surface area contributed by atoms with E-state index in [2.05, 4.69) is 6.07 Å². The molecular formula is C16H18FNO. The Bertz CT molecular complexity index is 561. The van der Waals surface area contributed by atoms with E-state index in [0.29, 0.717) is 12.1 Å². The van der Waals surface area contributed by atoms with Crippen LogP contribution in [0.25, 0.3) is 0 Å². The van der Waals surface area contributed by atoms with Crippen LogP contribution in [0.5, 0.6) is 5.75 Å². The Labute approximate surface area is 113 Å². The van der Waals surface area contributed by atoms with Gasteiger partial charge in [0.05, 0.1) is 0 Å². The van der Waals surface area contributed by atoms with Crippen molar-refractivity contribution in [1.82, 2.24) is 0 Å². The smallest absolute Gasteiger partial charge is 0.130 e. The molecule has 0 saturated carbocycles. The van der Waals surface area contributed by atoms with Crippen LogP contribution in [0.15, 0.2) is 36.4 Å². The predicted molar refractivity (Wildman–Crippen MR) is 74.5 cm³/mol. The van der Waals surface area contributed by atoms with Gasteiger partial charge in [-0.05, 0) is 48.7 Å². The van der Waals surface area contributed by atoms with Crippen LogP contribution >= 0.6 is 0 Å². The Morgan fingerprint density at radius 2 is 1.74 bits per heavy atom. The Morgan fingerprint density at radius 1 is 1.05 bits per heavy atom. The minimum Gasteiger partial charge on any atom is -0.489 e. The zero-order valence-corrected chi connectivity index (χ0v) is 11.2. The summed E-state index contributed by atoms with van der Waals surface area (Å²) in [5.74, 6) is 0.493. The zero-order valence-electron chi connectivity index (χ0n) is 11.2. The lowest BCUT2D eigenvalue weighted by atomic mass is 10.1. The summed E-state index contributed by atoms with van der Waals surface area (Å²) in [6, 6.07) is 11.0. The average Bonchev–Trinajstić information content (AvgIpc) is 2.36. The second-order valence-electron chi connectivity index (χ2n) is 4.74. The molecule has 0 aromatic heterocycles. The van der Waals surface area contributed by atoms with Crippen LogP contribution in [-0.4, -0.2) is 0 Å². The summed E-state index contributed by atoms with van der Waals surface area (Å²) in [6.07, 6.45) is 0. The molecule has 0 bridgehead atoms. The number of halogens is 1. The molecule has 0 spiro atoms. The van der Waals surface area contributed by atoms with E-state index >= 15 is 0 Å². The maximum atomic E-state index is 13.8. The monoisotopic (exact) mass is 259 g/mol. The van der Waals surface area contributed by atoms with Crippen molar-refractivity contribution in [2.24, 2.45) is 5.73 Å².